The lowest BCUT2D eigenvalue weighted by Gasteiger charge is -2.59. The zero-order chi connectivity index (χ0) is 19.7. The van der Waals surface area contributed by atoms with Crippen molar-refractivity contribution in [2.24, 2.45) is 0 Å². The number of halogens is 1. The molecule has 6 heteroatoms. The Hall–Kier alpha value is -2.44. The van der Waals surface area contributed by atoms with Crippen molar-refractivity contribution < 1.29 is 14.3 Å². The van der Waals surface area contributed by atoms with Gasteiger partial charge in [0.1, 0.15) is 5.82 Å². The van der Waals surface area contributed by atoms with E-state index in [0.29, 0.717) is 19.6 Å². The van der Waals surface area contributed by atoms with Crippen molar-refractivity contribution in [3.8, 4) is 0 Å². The molecule has 1 fully saturated rings. The number of nitrogens with one attached hydrogen (secondary N) is 1. The quantitative estimate of drug-likeness (QED) is 0.834. The van der Waals surface area contributed by atoms with Crippen LogP contribution in [0.25, 0.3) is 0 Å². The number of rotatable bonds is 5. The SMILES string of the molecule is CCCNC(=O)N1C[C@H]2[C@@H](c3ccccc31)[C@H](CO)N2Cc1ccc(F)cc1. The highest BCUT2D eigenvalue weighted by molar-refractivity contribution is 5.94. The maximum absolute atomic E-state index is 13.2. The van der Waals surface area contributed by atoms with E-state index in [4.69, 9.17) is 0 Å². The van der Waals surface area contributed by atoms with Crippen LogP contribution in [0, 0.1) is 5.82 Å². The van der Waals surface area contributed by atoms with Gasteiger partial charge in [-0.15, -0.1) is 0 Å². The van der Waals surface area contributed by atoms with Gasteiger partial charge in [-0.3, -0.25) is 9.80 Å². The Bertz CT molecular complexity index is 842. The van der Waals surface area contributed by atoms with Gasteiger partial charge in [0.25, 0.3) is 0 Å². The van der Waals surface area contributed by atoms with Crippen LogP contribution >= 0.6 is 0 Å². The van der Waals surface area contributed by atoms with Crippen molar-refractivity contribution >= 4 is 11.7 Å². The number of amides is 2. The molecule has 0 bridgehead atoms. The molecule has 2 aliphatic heterocycles. The van der Waals surface area contributed by atoms with Gasteiger partial charge in [0, 0.05) is 43.3 Å². The van der Waals surface area contributed by atoms with Crippen molar-refractivity contribution in [1.82, 2.24) is 10.2 Å². The summed E-state index contributed by atoms with van der Waals surface area (Å²) in [5.41, 5.74) is 3.04. The van der Waals surface area contributed by atoms with Crippen LogP contribution in [0.15, 0.2) is 48.5 Å². The Balaban J connectivity index is 1.61. The summed E-state index contributed by atoms with van der Waals surface area (Å²) in [5.74, 6) is -0.0637. The highest BCUT2D eigenvalue weighted by atomic mass is 19.1. The van der Waals surface area contributed by atoms with Crippen LogP contribution in [0.5, 0.6) is 0 Å². The summed E-state index contributed by atoms with van der Waals surface area (Å²) in [4.78, 5) is 16.8. The molecule has 5 nitrogen and oxygen atoms in total. The summed E-state index contributed by atoms with van der Waals surface area (Å²) in [7, 11) is 0. The summed E-state index contributed by atoms with van der Waals surface area (Å²) in [6, 6.07) is 14.5. The fraction of sp³-hybridized carbons (Fsp3) is 0.409. The van der Waals surface area contributed by atoms with E-state index in [0.717, 1.165) is 23.2 Å². The molecule has 2 aromatic rings. The first-order valence-electron chi connectivity index (χ1n) is 9.89. The minimum Gasteiger partial charge on any atom is -0.395 e. The number of aliphatic hydroxyl groups excluding tert-OH is 1. The lowest BCUT2D eigenvalue weighted by atomic mass is 9.72. The molecular formula is C22H26FN3O2. The summed E-state index contributed by atoms with van der Waals surface area (Å²) < 4.78 is 13.2. The Labute approximate surface area is 164 Å². The number of nitrogens with zero attached hydrogens (tertiary/aromatic N) is 2. The Morgan fingerprint density at radius 3 is 2.68 bits per heavy atom. The third-order valence-corrected chi connectivity index (χ3v) is 5.87. The fourth-order valence-electron chi connectivity index (χ4n) is 4.52. The van der Waals surface area contributed by atoms with E-state index in [2.05, 4.69) is 16.3 Å². The van der Waals surface area contributed by atoms with E-state index in [1.165, 1.54) is 12.1 Å². The molecule has 0 spiro atoms. The van der Waals surface area contributed by atoms with E-state index in [-0.39, 0.29) is 36.5 Å². The molecule has 3 atom stereocenters. The van der Waals surface area contributed by atoms with Crippen LogP contribution < -0.4 is 10.2 Å². The number of carbonyl (C=O) groups is 1. The molecule has 0 aromatic heterocycles. The fourth-order valence-corrected chi connectivity index (χ4v) is 4.52. The molecule has 0 radical (unpaired) electrons. The molecule has 2 aromatic carbocycles. The van der Waals surface area contributed by atoms with Gasteiger partial charge in [0.15, 0.2) is 0 Å². The molecule has 148 valence electrons. The summed E-state index contributed by atoms with van der Waals surface area (Å²) in [5, 5.41) is 13.0. The number of carbonyl (C=O) groups excluding carboxylic acids is 1. The number of fused-ring (bicyclic) bond motifs is 3. The average Bonchev–Trinajstić information content (AvgIpc) is 2.71. The van der Waals surface area contributed by atoms with Gasteiger partial charge in [-0.25, -0.2) is 9.18 Å². The molecule has 2 heterocycles. The third kappa shape index (κ3) is 3.27. The van der Waals surface area contributed by atoms with Gasteiger partial charge in [0.2, 0.25) is 0 Å². The zero-order valence-electron chi connectivity index (χ0n) is 16.0. The Morgan fingerprint density at radius 2 is 1.96 bits per heavy atom. The highest BCUT2D eigenvalue weighted by Crippen LogP contribution is 2.48. The molecular weight excluding hydrogens is 357 g/mol. The van der Waals surface area contributed by atoms with Gasteiger partial charge in [-0.2, -0.15) is 0 Å². The number of aliphatic hydroxyl groups is 1. The first kappa shape index (κ1) is 18.9. The van der Waals surface area contributed by atoms with E-state index >= 15 is 0 Å². The lowest BCUT2D eigenvalue weighted by Crippen LogP contribution is -2.69. The molecule has 2 amide bonds. The van der Waals surface area contributed by atoms with Crippen molar-refractivity contribution in [3.05, 3.63) is 65.5 Å². The van der Waals surface area contributed by atoms with Crippen LogP contribution in [0.4, 0.5) is 14.9 Å². The van der Waals surface area contributed by atoms with Crippen molar-refractivity contribution in [3.63, 3.8) is 0 Å². The van der Waals surface area contributed by atoms with Crippen LogP contribution in [-0.4, -0.2) is 47.8 Å². The van der Waals surface area contributed by atoms with Gasteiger partial charge < -0.3 is 10.4 Å². The van der Waals surface area contributed by atoms with Crippen LogP contribution in [0.2, 0.25) is 0 Å². The second-order valence-corrected chi connectivity index (χ2v) is 7.54. The van der Waals surface area contributed by atoms with Crippen LogP contribution in [0.3, 0.4) is 0 Å². The summed E-state index contributed by atoms with van der Waals surface area (Å²) in [6.45, 7) is 3.93. The van der Waals surface area contributed by atoms with Gasteiger partial charge in [-0.05, 0) is 35.7 Å². The largest absolute Gasteiger partial charge is 0.395 e. The first-order valence-corrected chi connectivity index (χ1v) is 9.89. The second kappa shape index (κ2) is 7.89. The number of hydrogen-bond acceptors (Lipinski definition) is 3. The molecule has 4 rings (SSSR count). The zero-order valence-corrected chi connectivity index (χ0v) is 16.0. The molecule has 0 aliphatic carbocycles. The monoisotopic (exact) mass is 383 g/mol. The topological polar surface area (TPSA) is 55.8 Å². The Morgan fingerprint density at radius 1 is 1.21 bits per heavy atom. The van der Waals surface area contributed by atoms with Gasteiger partial charge >= 0.3 is 6.03 Å². The molecule has 2 aliphatic rings. The minimum absolute atomic E-state index is 0.00273. The normalized spacial score (nSPS) is 23.5. The number of benzene rings is 2. The third-order valence-electron chi connectivity index (χ3n) is 5.87. The summed E-state index contributed by atoms with van der Waals surface area (Å²) >= 11 is 0. The molecule has 0 saturated carbocycles. The van der Waals surface area contributed by atoms with E-state index in [1.807, 2.05) is 30.0 Å². The average molecular weight is 383 g/mol. The van der Waals surface area contributed by atoms with E-state index in [1.54, 1.807) is 12.1 Å². The van der Waals surface area contributed by atoms with Crippen molar-refractivity contribution in [2.75, 3.05) is 24.6 Å². The molecule has 2 N–H and O–H groups in total. The molecule has 1 saturated heterocycles. The smallest absolute Gasteiger partial charge is 0.321 e. The first-order chi connectivity index (χ1) is 13.6. The molecule has 28 heavy (non-hydrogen) atoms. The number of hydrogen-bond donors (Lipinski definition) is 2. The predicted octanol–water partition coefficient (Wildman–Crippen LogP) is 3.09. The van der Waals surface area contributed by atoms with Crippen LogP contribution in [0.1, 0.15) is 30.4 Å². The summed E-state index contributed by atoms with van der Waals surface area (Å²) in [6.07, 6.45) is 0.885. The standard InChI is InChI=1S/C22H26FN3O2/c1-2-11-24-22(28)26-13-19-21(17-5-3-4-6-18(17)26)20(14-27)25(19)12-15-7-9-16(23)10-8-15/h3-10,19-21,27H,2,11-14H2,1H3,(H,24,28)/t19-,20-,21+/m0/s1. The van der Waals surface area contributed by atoms with Crippen molar-refractivity contribution in [1.29, 1.82) is 0 Å². The maximum Gasteiger partial charge on any atom is 0.321 e. The highest BCUT2D eigenvalue weighted by Gasteiger charge is 2.53. The lowest BCUT2D eigenvalue weighted by molar-refractivity contribution is -0.0485. The molecule has 0 unspecified atom stereocenters. The number of para-hydroxylation sites is 1. The van der Waals surface area contributed by atoms with E-state index < -0.39 is 0 Å². The van der Waals surface area contributed by atoms with Gasteiger partial charge in [-0.1, -0.05) is 37.3 Å². The predicted molar refractivity (Wildman–Crippen MR) is 107 cm³/mol. The van der Waals surface area contributed by atoms with E-state index in [9.17, 15) is 14.3 Å². The van der Waals surface area contributed by atoms with Crippen molar-refractivity contribution in [2.45, 2.75) is 37.9 Å². The number of likely N-dealkylation sites (tertiary alicyclic amines) is 1. The number of urea groups is 1. The maximum atomic E-state index is 13.2. The Kier molecular flexibility index (Phi) is 5.33. The van der Waals surface area contributed by atoms with Gasteiger partial charge in [0.05, 0.1) is 6.61 Å². The van der Waals surface area contributed by atoms with Crippen LogP contribution in [-0.2, 0) is 6.54 Å². The minimum atomic E-state index is -0.255. The second-order valence-electron chi connectivity index (χ2n) is 7.54. The number of anilines is 1.